The highest BCUT2D eigenvalue weighted by molar-refractivity contribution is 5.93. The van der Waals surface area contributed by atoms with Crippen molar-refractivity contribution in [3.8, 4) is 0 Å². The first-order chi connectivity index (χ1) is 36.0. The molecule has 1 unspecified atom stereocenters. The molecule has 1 aromatic carbocycles. The highest BCUT2D eigenvalue weighted by Crippen LogP contribution is 2.39. The third-order valence-electron chi connectivity index (χ3n) is 15.8. The summed E-state index contributed by atoms with van der Waals surface area (Å²) < 4.78 is 12.8. The van der Waals surface area contributed by atoms with Gasteiger partial charge in [-0.05, 0) is 100.0 Å². The Balaban J connectivity index is 1.34. The van der Waals surface area contributed by atoms with Crippen molar-refractivity contribution in [1.29, 1.82) is 0 Å². The van der Waals surface area contributed by atoms with Gasteiger partial charge >= 0.3 is 5.97 Å². The Hall–Kier alpha value is -5.46. The van der Waals surface area contributed by atoms with Crippen molar-refractivity contribution in [1.82, 2.24) is 26.4 Å². The minimum absolute atomic E-state index is 0.00359. The van der Waals surface area contributed by atoms with Crippen LogP contribution in [0.25, 0.3) is 0 Å². The van der Waals surface area contributed by atoms with Crippen LogP contribution in [0.2, 0.25) is 0 Å². The zero-order valence-electron chi connectivity index (χ0n) is 46.3. The predicted octanol–water partition coefficient (Wildman–Crippen LogP) is 5.84. The number of ether oxygens (including phenoxy) is 2. The number of hydrogen-bond donors (Lipinski definition) is 8. The number of aliphatic hydroxyl groups is 3. The van der Waals surface area contributed by atoms with Gasteiger partial charge in [-0.25, -0.2) is 5.43 Å². The molecule has 0 radical (unpaired) electrons. The first kappa shape index (κ1) is 61.4. The summed E-state index contributed by atoms with van der Waals surface area (Å²) in [6.45, 7) is 16.7. The van der Waals surface area contributed by atoms with Crippen LogP contribution in [0.1, 0.15) is 132 Å². The van der Waals surface area contributed by atoms with Crippen molar-refractivity contribution in [3.05, 3.63) is 90.1 Å². The topological polar surface area (TPSA) is 259 Å². The number of ketones is 1. The third kappa shape index (κ3) is 17.0. The van der Waals surface area contributed by atoms with Crippen LogP contribution in [-0.4, -0.2) is 117 Å². The maximum absolute atomic E-state index is 14.5. The number of hydrazine groups is 1. The average molecular weight is 1060 g/mol. The summed E-state index contributed by atoms with van der Waals surface area (Å²) in [7, 11) is 0. The van der Waals surface area contributed by atoms with Crippen molar-refractivity contribution < 1.29 is 53.6 Å². The Kier molecular flexibility index (Phi) is 23.2. The lowest BCUT2D eigenvalue weighted by atomic mass is 9.78. The molecule has 17 heteroatoms. The monoisotopic (exact) mass is 1060 g/mol. The number of anilines is 1. The van der Waals surface area contributed by atoms with E-state index >= 15 is 0 Å². The first-order valence-electron chi connectivity index (χ1n) is 27.7. The zero-order valence-corrected chi connectivity index (χ0v) is 46.3. The van der Waals surface area contributed by atoms with Gasteiger partial charge in [-0.3, -0.25) is 29.0 Å². The Morgan fingerprint density at radius 1 is 1.00 bits per heavy atom. The number of piperidine rings is 1. The number of Topliss-reactive ketones (excluding diaryl/α,β-unsaturated/α-hetero) is 1. The summed E-state index contributed by atoms with van der Waals surface area (Å²) in [5.74, 6) is -5.08. The van der Waals surface area contributed by atoms with E-state index in [-0.39, 0.29) is 73.7 Å². The Morgan fingerprint density at radius 3 is 2.45 bits per heavy atom. The quantitative estimate of drug-likeness (QED) is 0.0445. The first-order valence-corrected chi connectivity index (χ1v) is 27.7. The van der Waals surface area contributed by atoms with Crippen LogP contribution in [0.5, 0.6) is 0 Å². The lowest BCUT2D eigenvalue weighted by Gasteiger charge is -2.48. The van der Waals surface area contributed by atoms with E-state index < -0.39 is 89.7 Å². The number of aliphatic hydroxyl groups excluding tert-OH is 3. The van der Waals surface area contributed by atoms with Gasteiger partial charge in [-0.15, -0.1) is 0 Å². The van der Waals surface area contributed by atoms with E-state index in [1.165, 1.54) is 18.0 Å². The zero-order chi connectivity index (χ0) is 55.9. The molecular formula is C59H88N6O11. The highest BCUT2D eigenvalue weighted by Gasteiger charge is 2.48. The van der Waals surface area contributed by atoms with E-state index in [9.17, 15) is 44.1 Å². The number of carbonyl (C=O) groups is 6. The number of carbonyl (C=O) groups excluding carboxylic acids is 6. The number of nitrogen functional groups attached to an aromatic ring is 1. The summed E-state index contributed by atoms with van der Waals surface area (Å²) in [5.41, 5.74) is 10.2. The fourth-order valence-electron chi connectivity index (χ4n) is 10.4. The van der Waals surface area contributed by atoms with Crippen LogP contribution in [0, 0.1) is 41.4 Å². The van der Waals surface area contributed by atoms with E-state index in [2.05, 4.69) is 41.3 Å². The number of fused-ring (bicyclic) bond motifs is 2. The number of benzene rings is 1. The summed E-state index contributed by atoms with van der Waals surface area (Å²) in [6.07, 6.45) is 16.5. The van der Waals surface area contributed by atoms with E-state index in [1.807, 2.05) is 45.1 Å². The predicted molar refractivity (Wildman–Crippen MR) is 292 cm³/mol. The fourth-order valence-corrected chi connectivity index (χ4v) is 10.4. The Labute approximate surface area is 450 Å². The van der Waals surface area contributed by atoms with Crippen LogP contribution in [-0.2, 0) is 44.7 Å². The van der Waals surface area contributed by atoms with Gasteiger partial charge in [0.15, 0.2) is 5.72 Å². The second-order valence-corrected chi connectivity index (χ2v) is 22.3. The molecule has 2 bridgehead atoms. The molecule has 76 heavy (non-hydrogen) atoms. The van der Waals surface area contributed by atoms with Gasteiger partial charge < -0.3 is 51.3 Å². The van der Waals surface area contributed by atoms with Gasteiger partial charge in [-0.1, -0.05) is 109 Å². The minimum Gasteiger partial charge on any atom is -0.456 e. The second kappa shape index (κ2) is 28.8. The number of nitrogens with one attached hydrogen (secondary N) is 4. The van der Waals surface area contributed by atoms with E-state index in [0.717, 1.165) is 18.4 Å². The number of rotatable bonds is 15. The summed E-state index contributed by atoms with van der Waals surface area (Å²) >= 11 is 0. The SMILES string of the molecule is CC[C@H]1C[C@H](C)[C@@]2(C=C[C@@H](C)[C@@H](C[C@H](O)[C@@H](C)CC/C=C\C=C(/C)[C@@H]3C/C=C/C=C/[C@H](O)[C@H](C)[C@@H](O)[C@@H](CCC(C)=O)C(=O)N[C@@H](C(C)C)C(=O)N[C@@H](Cc4cccc(N)c4)C(=O)N4CCCC(N4)C(=O)O3)O2)NC1=O. The molecule has 5 rings (SSSR count). The molecule has 0 aromatic heterocycles. The van der Waals surface area contributed by atoms with Crippen molar-refractivity contribution in [3.63, 3.8) is 0 Å². The largest absolute Gasteiger partial charge is 0.456 e. The highest BCUT2D eigenvalue weighted by atomic mass is 16.5. The van der Waals surface area contributed by atoms with E-state index in [4.69, 9.17) is 15.2 Å². The van der Waals surface area contributed by atoms with Crippen molar-refractivity contribution in [2.75, 3.05) is 12.3 Å². The van der Waals surface area contributed by atoms with Gasteiger partial charge in [0.25, 0.3) is 5.91 Å². The van der Waals surface area contributed by atoms with Crippen LogP contribution >= 0.6 is 0 Å². The van der Waals surface area contributed by atoms with Crippen LogP contribution in [0.3, 0.4) is 0 Å². The molecule has 2 fully saturated rings. The fraction of sp³-hybridized carbons (Fsp3) is 0.627. The number of amides is 4. The van der Waals surface area contributed by atoms with Gasteiger partial charge in [-0.2, -0.15) is 0 Å². The van der Waals surface area contributed by atoms with Crippen LogP contribution in [0.15, 0.2) is 84.5 Å². The molecule has 4 aliphatic rings. The lowest BCUT2D eigenvalue weighted by molar-refractivity contribution is -0.174. The van der Waals surface area contributed by atoms with Crippen molar-refractivity contribution in [2.45, 2.75) is 187 Å². The minimum atomic E-state index is -1.41. The molecule has 0 saturated carbocycles. The maximum atomic E-state index is 14.5. The molecule has 2 saturated heterocycles. The molecule has 0 aliphatic carbocycles. The smallest absolute Gasteiger partial charge is 0.325 e. The third-order valence-corrected chi connectivity index (χ3v) is 15.8. The second-order valence-electron chi connectivity index (χ2n) is 22.3. The molecule has 420 valence electrons. The molecule has 4 heterocycles. The van der Waals surface area contributed by atoms with Crippen LogP contribution < -0.4 is 27.1 Å². The Morgan fingerprint density at radius 2 is 1.75 bits per heavy atom. The summed E-state index contributed by atoms with van der Waals surface area (Å²) in [4.78, 5) is 82.0. The molecule has 17 nitrogen and oxygen atoms in total. The Bertz CT molecular complexity index is 2310. The normalized spacial score (nSPS) is 33.4. The molecule has 1 aromatic rings. The molecule has 4 aliphatic heterocycles. The molecule has 15 atom stereocenters. The summed E-state index contributed by atoms with van der Waals surface area (Å²) in [5, 5.41) is 44.4. The van der Waals surface area contributed by atoms with Crippen molar-refractivity contribution in [2.24, 2.45) is 41.4 Å². The molecule has 4 amide bonds. The number of cyclic esters (lactones) is 1. The van der Waals surface area contributed by atoms with Crippen molar-refractivity contribution >= 4 is 41.1 Å². The van der Waals surface area contributed by atoms with Gasteiger partial charge in [0.05, 0.1) is 30.3 Å². The number of nitrogens with zero attached hydrogens (tertiary/aromatic N) is 1. The van der Waals surface area contributed by atoms with Gasteiger partial charge in [0.1, 0.15) is 30.0 Å². The van der Waals surface area contributed by atoms with Gasteiger partial charge in [0.2, 0.25) is 17.7 Å². The molecular weight excluding hydrogens is 969 g/mol. The van der Waals surface area contributed by atoms with E-state index in [0.29, 0.717) is 43.4 Å². The molecule has 9 N–H and O–H groups in total. The molecule has 1 spiro atoms. The standard InChI is InChI=1S/C59H88N6O11/c1-10-43-31-39(7)59(63-54(43)70)29-28-38(6)51(76-59)34-49(68)36(4)19-13-11-14-20-37(5)50-25-16-12-15-24-48(67)41(9)53(69)45(27-26-40(8)66)55(71)62-52(35(2)3)56(72)61-47(33-42-21-17-22-44(60)32-42)57(73)65-30-18-23-46(64-65)58(74)75-50/h11-12,14-17,20-22,24,28-29,32,35-36,38-39,41,43,45-53,64,67-69H,10,13,18-19,23,25-27,30-31,33-34,60H2,1-9H3,(H,61,72)(H,62,71)(H,63,70)/b14-11-,16-12+,24-15+,37-20+/t36-,38+,39-,41-,43-,45+,46?,47-,48-,49-,50-,51+,52-,53+,59-/m0/s1. The maximum Gasteiger partial charge on any atom is 0.325 e. The number of nitrogens with two attached hydrogens (primary N) is 1. The average Bonchev–Trinajstić information content (AvgIpc) is 3.38. The lowest BCUT2D eigenvalue weighted by Crippen LogP contribution is -2.62. The number of esters is 1. The number of allylic oxidation sites excluding steroid dienone is 5. The van der Waals surface area contributed by atoms with E-state index in [1.54, 1.807) is 63.3 Å². The number of hydrogen-bond acceptors (Lipinski definition) is 13. The van der Waals surface area contributed by atoms with Crippen LogP contribution in [0.4, 0.5) is 5.69 Å². The summed E-state index contributed by atoms with van der Waals surface area (Å²) in [6, 6.07) is 3.70. The van der Waals surface area contributed by atoms with Gasteiger partial charge in [0, 0.05) is 61.6 Å².